The van der Waals surface area contributed by atoms with Crippen LogP contribution in [0.1, 0.15) is 11.1 Å². The van der Waals surface area contributed by atoms with Gasteiger partial charge in [0.2, 0.25) is 0 Å². The first-order valence-electron chi connectivity index (χ1n) is 7.69. The summed E-state index contributed by atoms with van der Waals surface area (Å²) in [5.74, 6) is 0.414. The summed E-state index contributed by atoms with van der Waals surface area (Å²) in [7, 11) is 0. The number of hydrogen-bond donors (Lipinski definition) is 3. The third-order valence-corrected chi connectivity index (χ3v) is 3.63. The molecule has 1 heterocycles. The number of rotatable bonds is 6. The highest BCUT2D eigenvalue weighted by Gasteiger charge is 2.08. The Hall–Kier alpha value is -3.22. The van der Waals surface area contributed by atoms with E-state index in [1.807, 2.05) is 0 Å². The minimum absolute atomic E-state index is 0.280. The van der Waals surface area contributed by atoms with Crippen LogP contribution in [0.4, 0.5) is 26.1 Å². The highest BCUT2D eigenvalue weighted by molar-refractivity contribution is 5.74. The second-order valence-corrected chi connectivity index (χ2v) is 5.44. The Morgan fingerprint density at radius 3 is 1.52 bits per heavy atom. The summed E-state index contributed by atoms with van der Waals surface area (Å²) in [4.78, 5) is 8.25. The largest absolute Gasteiger partial charge is 0.393 e. The molecule has 2 aromatic carbocycles. The van der Waals surface area contributed by atoms with Crippen LogP contribution >= 0.6 is 0 Å². The van der Waals surface area contributed by atoms with Crippen molar-refractivity contribution in [1.82, 2.24) is 9.97 Å². The molecule has 0 aliphatic carbocycles. The average Bonchev–Trinajstić information content (AvgIpc) is 2.62. The highest BCUT2D eigenvalue weighted by atomic mass is 19.1. The van der Waals surface area contributed by atoms with E-state index in [2.05, 4.69) is 20.6 Å². The fraction of sp³-hybridized carbons (Fsp3) is 0.111. The number of nitrogens with two attached hydrogens (primary N) is 1. The van der Waals surface area contributed by atoms with Crippen molar-refractivity contribution in [3.8, 4) is 0 Å². The van der Waals surface area contributed by atoms with Gasteiger partial charge in [-0.05, 0) is 35.4 Å². The smallest absolute Gasteiger partial charge is 0.155 e. The number of nitrogens with zero attached hydrogens (tertiary/aromatic N) is 2. The zero-order chi connectivity index (χ0) is 17.6. The van der Waals surface area contributed by atoms with Crippen molar-refractivity contribution in [2.75, 3.05) is 16.4 Å². The number of anilines is 3. The number of aromatic nitrogens is 2. The van der Waals surface area contributed by atoms with Crippen molar-refractivity contribution in [2.24, 2.45) is 0 Å². The van der Waals surface area contributed by atoms with Crippen LogP contribution in [0.5, 0.6) is 0 Å². The molecular weight excluding hydrogens is 324 g/mol. The summed E-state index contributed by atoms with van der Waals surface area (Å²) in [6.45, 7) is 0.914. The van der Waals surface area contributed by atoms with Gasteiger partial charge in [-0.3, -0.25) is 0 Å². The molecule has 128 valence electrons. The van der Waals surface area contributed by atoms with E-state index < -0.39 is 0 Å². The lowest BCUT2D eigenvalue weighted by Crippen LogP contribution is -2.10. The van der Waals surface area contributed by atoms with Crippen molar-refractivity contribution in [3.63, 3.8) is 0 Å². The van der Waals surface area contributed by atoms with Gasteiger partial charge in [0.15, 0.2) is 11.6 Å². The summed E-state index contributed by atoms with van der Waals surface area (Å²) in [6, 6.07) is 12.3. The maximum atomic E-state index is 12.9. The zero-order valence-electron chi connectivity index (χ0n) is 13.3. The van der Waals surface area contributed by atoms with Crippen LogP contribution in [0.25, 0.3) is 0 Å². The molecule has 0 aliphatic rings. The average molecular weight is 341 g/mol. The number of nitrogen functional groups attached to an aromatic ring is 1. The molecule has 0 atom stereocenters. The Bertz CT molecular complexity index is 767. The second kappa shape index (κ2) is 7.57. The van der Waals surface area contributed by atoms with Crippen molar-refractivity contribution in [3.05, 3.63) is 77.6 Å². The lowest BCUT2D eigenvalue weighted by Gasteiger charge is -2.12. The van der Waals surface area contributed by atoms with Crippen molar-refractivity contribution >= 4 is 17.3 Å². The molecule has 4 N–H and O–H groups in total. The van der Waals surface area contributed by atoms with Crippen LogP contribution in [-0.2, 0) is 13.1 Å². The molecule has 0 amide bonds. The van der Waals surface area contributed by atoms with E-state index >= 15 is 0 Å². The molecule has 0 spiro atoms. The molecule has 0 saturated heterocycles. The van der Waals surface area contributed by atoms with Crippen LogP contribution in [0.3, 0.4) is 0 Å². The Morgan fingerprint density at radius 2 is 1.12 bits per heavy atom. The van der Waals surface area contributed by atoms with Crippen molar-refractivity contribution < 1.29 is 8.78 Å². The van der Waals surface area contributed by atoms with Gasteiger partial charge in [0.05, 0.1) is 0 Å². The Kier molecular flexibility index (Phi) is 5.03. The van der Waals surface area contributed by atoms with Gasteiger partial charge in [-0.2, -0.15) is 0 Å². The predicted octanol–water partition coefficient (Wildman–Crippen LogP) is 3.56. The lowest BCUT2D eigenvalue weighted by atomic mass is 10.2. The van der Waals surface area contributed by atoms with Crippen LogP contribution in [0.15, 0.2) is 54.9 Å². The first-order valence-corrected chi connectivity index (χ1v) is 7.69. The molecular formula is C18H17F2N5. The van der Waals surface area contributed by atoms with Crippen LogP contribution in [0, 0.1) is 11.6 Å². The minimum Gasteiger partial charge on any atom is -0.393 e. The SMILES string of the molecule is Nc1c(NCc2ccc(F)cc2)ncnc1NCc1ccc(F)cc1. The van der Waals surface area contributed by atoms with E-state index in [1.165, 1.54) is 30.6 Å². The number of halogens is 2. The molecule has 0 radical (unpaired) electrons. The molecule has 7 heteroatoms. The maximum absolute atomic E-state index is 12.9. The number of benzene rings is 2. The van der Waals surface area contributed by atoms with E-state index in [0.717, 1.165) is 11.1 Å². The van der Waals surface area contributed by atoms with Gasteiger partial charge in [0, 0.05) is 13.1 Å². The first kappa shape index (κ1) is 16.6. The third kappa shape index (κ3) is 4.41. The molecule has 5 nitrogen and oxygen atoms in total. The third-order valence-electron chi connectivity index (χ3n) is 3.63. The van der Waals surface area contributed by atoms with Crippen LogP contribution in [-0.4, -0.2) is 9.97 Å². The van der Waals surface area contributed by atoms with E-state index in [4.69, 9.17) is 5.73 Å². The van der Waals surface area contributed by atoms with Crippen LogP contribution < -0.4 is 16.4 Å². The fourth-order valence-corrected chi connectivity index (χ4v) is 2.25. The summed E-state index contributed by atoms with van der Waals surface area (Å²) in [6.07, 6.45) is 1.40. The Labute approximate surface area is 143 Å². The Morgan fingerprint density at radius 1 is 0.720 bits per heavy atom. The first-order chi connectivity index (χ1) is 12.1. The predicted molar refractivity (Wildman–Crippen MR) is 93.9 cm³/mol. The highest BCUT2D eigenvalue weighted by Crippen LogP contribution is 2.23. The van der Waals surface area contributed by atoms with E-state index in [1.54, 1.807) is 24.3 Å². The molecule has 0 bridgehead atoms. The van der Waals surface area contributed by atoms with E-state index in [0.29, 0.717) is 30.4 Å². The quantitative estimate of drug-likeness (QED) is 0.639. The van der Waals surface area contributed by atoms with Gasteiger partial charge < -0.3 is 16.4 Å². The molecule has 0 saturated carbocycles. The van der Waals surface area contributed by atoms with E-state index in [9.17, 15) is 8.78 Å². The summed E-state index contributed by atoms with van der Waals surface area (Å²) >= 11 is 0. The molecule has 3 aromatic rings. The number of hydrogen-bond acceptors (Lipinski definition) is 5. The van der Waals surface area contributed by atoms with Gasteiger partial charge in [0.25, 0.3) is 0 Å². The zero-order valence-corrected chi connectivity index (χ0v) is 13.3. The summed E-state index contributed by atoms with van der Waals surface area (Å²) < 4.78 is 25.8. The Balaban J connectivity index is 1.64. The van der Waals surface area contributed by atoms with E-state index in [-0.39, 0.29) is 11.6 Å². The normalized spacial score (nSPS) is 10.5. The maximum Gasteiger partial charge on any atom is 0.155 e. The summed E-state index contributed by atoms with van der Waals surface area (Å²) in [5.41, 5.74) is 8.28. The topological polar surface area (TPSA) is 75.9 Å². The fourth-order valence-electron chi connectivity index (χ4n) is 2.25. The molecule has 3 rings (SSSR count). The molecule has 0 aliphatic heterocycles. The second-order valence-electron chi connectivity index (χ2n) is 5.44. The van der Waals surface area contributed by atoms with Crippen LogP contribution in [0.2, 0.25) is 0 Å². The van der Waals surface area contributed by atoms with Gasteiger partial charge in [0.1, 0.15) is 23.6 Å². The standard InChI is InChI=1S/C18H17F2N5/c19-14-5-1-12(2-6-14)9-22-17-16(21)18(25-11-24-17)23-10-13-3-7-15(20)8-4-13/h1-8,11H,9-10,21H2,(H2,22,23,24,25). The molecule has 1 aromatic heterocycles. The monoisotopic (exact) mass is 341 g/mol. The van der Waals surface area contributed by atoms with Crippen molar-refractivity contribution in [2.45, 2.75) is 13.1 Å². The molecule has 0 fully saturated rings. The molecule has 0 unspecified atom stereocenters. The minimum atomic E-state index is -0.280. The van der Waals surface area contributed by atoms with Gasteiger partial charge in [-0.25, -0.2) is 18.7 Å². The lowest BCUT2D eigenvalue weighted by molar-refractivity contribution is 0.626. The van der Waals surface area contributed by atoms with Gasteiger partial charge >= 0.3 is 0 Å². The van der Waals surface area contributed by atoms with Gasteiger partial charge in [-0.15, -0.1) is 0 Å². The van der Waals surface area contributed by atoms with Crippen molar-refractivity contribution in [1.29, 1.82) is 0 Å². The molecule has 25 heavy (non-hydrogen) atoms. The number of nitrogens with one attached hydrogen (secondary N) is 2. The summed E-state index contributed by atoms with van der Waals surface area (Å²) in [5, 5.41) is 6.21. The van der Waals surface area contributed by atoms with Gasteiger partial charge in [-0.1, -0.05) is 24.3 Å².